The van der Waals surface area contributed by atoms with Crippen LogP contribution in [0.3, 0.4) is 0 Å². The summed E-state index contributed by atoms with van der Waals surface area (Å²) in [4.78, 5) is 73.2. The highest BCUT2D eigenvalue weighted by Crippen LogP contribution is 2.45. The first kappa shape index (κ1) is 102. The second-order valence-electron chi connectivity index (χ2n) is 26.9. The van der Waals surface area contributed by atoms with E-state index in [1.807, 2.05) is 12.2 Å². The number of unbranched alkanes of at least 4 members (excludes halogenated alkanes) is 22. The predicted molar refractivity (Wildman–Crippen MR) is 445 cm³/mol. The topological polar surface area (TPSA) is 237 Å². The molecule has 0 amide bonds. The van der Waals surface area contributed by atoms with Crippen molar-refractivity contribution in [2.45, 2.75) is 329 Å². The fourth-order valence-electron chi connectivity index (χ4n) is 10.5. The second kappa shape index (κ2) is 79.5. The van der Waals surface area contributed by atoms with Gasteiger partial charge in [-0.05, 0) is 167 Å². The van der Waals surface area contributed by atoms with Gasteiger partial charge in [-0.25, -0.2) is 9.13 Å². The lowest BCUT2D eigenvalue weighted by molar-refractivity contribution is -0.161. The Bertz CT molecular complexity index is 2710. The van der Waals surface area contributed by atoms with Gasteiger partial charge in [0, 0.05) is 25.7 Å². The standard InChI is InChI=1S/C89H146O17P2/c1-5-9-13-17-21-25-29-33-37-40-41-44-47-50-54-58-62-66-70-74-87(92)100-80-85(106-89(94)76-72-68-64-60-56-52-48-43-39-35-31-27-23-19-15-11-7-3)82-104-108(97,98)102-78-83(90)77-101-107(95,96)103-81-84(105-88(93)75-71-67-63-59-55-51-45-36-32-28-24-20-16-12-8-4)79-99-86(91)73-69-65-61-57-53-49-46-42-38-34-30-26-22-18-14-10-6-2/h10-12,14-16,21-28,33-39,41,44-46,49,57,61,83-85,90H,5-9,13,17-20,29-32,40,42-43,47-48,50-56,58-60,62-82H2,1-4H3,(H,95,96)(H,97,98)/b14-10-,15-11-,16-12-,25-21-,26-22-,27-23-,28-24-,37-33-,38-34-,39-35-,44-41-,45-36-,49-46-,61-57-. The maximum absolute atomic E-state index is 13.1. The van der Waals surface area contributed by atoms with E-state index < -0.39 is 97.5 Å². The Morgan fingerprint density at radius 3 is 0.778 bits per heavy atom. The van der Waals surface area contributed by atoms with Gasteiger partial charge in [-0.2, -0.15) is 0 Å². The molecule has 0 aromatic carbocycles. The Hall–Kier alpha value is -5.58. The average Bonchev–Trinajstić information content (AvgIpc) is 0.906. The smallest absolute Gasteiger partial charge is 0.462 e. The maximum Gasteiger partial charge on any atom is 0.472 e. The molecular weight excluding hydrogens is 1400 g/mol. The second-order valence-corrected chi connectivity index (χ2v) is 29.8. The molecule has 0 saturated carbocycles. The summed E-state index contributed by atoms with van der Waals surface area (Å²) in [7, 11) is -10.0. The van der Waals surface area contributed by atoms with Crippen LogP contribution in [-0.4, -0.2) is 96.7 Å². The van der Waals surface area contributed by atoms with Gasteiger partial charge in [-0.15, -0.1) is 0 Å². The SMILES string of the molecule is CC/C=C\C/C=C\C/C=C\C/C=C\C/C=C\CCCC(=O)OCC(COP(=O)(O)OCC(O)COP(=O)(O)OCC(COC(=O)CCCCCCCC/C=C\C/C=C\C/C=C\CCCCC)OC(=O)CCCCCCCCC/C=C\C/C=C\C/C=C\CC)OC(=O)CCCCCCC/C=C\C/C=C\C/C=C\CC. The number of esters is 4. The van der Waals surface area contributed by atoms with E-state index in [1.165, 1.54) is 19.3 Å². The number of rotatable bonds is 76. The molecule has 0 aliphatic rings. The van der Waals surface area contributed by atoms with Crippen LogP contribution in [0.1, 0.15) is 310 Å². The van der Waals surface area contributed by atoms with Gasteiger partial charge >= 0.3 is 39.5 Å². The maximum atomic E-state index is 13.1. The summed E-state index contributed by atoms with van der Waals surface area (Å²) in [5.41, 5.74) is 0. The minimum Gasteiger partial charge on any atom is -0.462 e. The van der Waals surface area contributed by atoms with E-state index in [2.05, 4.69) is 186 Å². The molecule has 0 aliphatic heterocycles. The van der Waals surface area contributed by atoms with E-state index in [-0.39, 0.29) is 25.7 Å². The first-order valence-corrected chi connectivity index (χ1v) is 44.4. The molecule has 0 aliphatic carbocycles. The normalized spacial score (nSPS) is 14.7. The number of aliphatic hydroxyl groups is 1. The number of phosphoric acid groups is 2. The zero-order chi connectivity index (χ0) is 78.9. The summed E-state index contributed by atoms with van der Waals surface area (Å²) in [6.07, 6.45) is 94.7. The van der Waals surface area contributed by atoms with Crippen molar-refractivity contribution in [3.05, 3.63) is 170 Å². The van der Waals surface area contributed by atoms with Crippen molar-refractivity contribution in [1.82, 2.24) is 0 Å². The summed E-state index contributed by atoms with van der Waals surface area (Å²) >= 11 is 0. The molecule has 0 aromatic heterocycles. The van der Waals surface area contributed by atoms with E-state index in [4.69, 9.17) is 37.0 Å². The number of hydrogen-bond acceptors (Lipinski definition) is 15. The van der Waals surface area contributed by atoms with Gasteiger partial charge in [-0.1, -0.05) is 288 Å². The van der Waals surface area contributed by atoms with Gasteiger partial charge in [-0.3, -0.25) is 37.3 Å². The number of allylic oxidation sites excluding steroid dienone is 28. The minimum atomic E-state index is -5.01. The Morgan fingerprint density at radius 1 is 0.269 bits per heavy atom. The van der Waals surface area contributed by atoms with Crippen LogP contribution in [0.2, 0.25) is 0 Å². The third kappa shape index (κ3) is 78.5. The summed E-state index contributed by atoms with van der Waals surface area (Å²) < 4.78 is 68.7. The van der Waals surface area contributed by atoms with Crippen molar-refractivity contribution in [2.75, 3.05) is 39.6 Å². The van der Waals surface area contributed by atoms with Crippen molar-refractivity contribution < 1.29 is 80.2 Å². The van der Waals surface area contributed by atoms with Gasteiger partial charge in [0.15, 0.2) is 12.2 Å². The first-order chi connectivity index (χ1) is 52.7. The number of carbonyl (C=O) groups is 4. The molecule has 0 fully saturated rings. The Balaban J connectivity index is 5.46. The third-order valence-electron chi connectivity index (χ3n) is 16.7. The summed E-state index contributed by atoms with van der Waals surface area (Å²) in [5.74, 6) is -2.29. The summed E-state index contributed by atoms with van der Waals surface area (Å²) in [6, 6.07) is 0. The first-order valence-electron chi connectivity index (χ1n) is 41.4. The molecule has 0 heterocycles. The molecule has 0 saturated heterocycles. The van der Waals surface area contributed by atoms with Gasteiger partial charge in [0.1, 0.15) is 19.3 Å². The van der Waals surface area contributed by atoms with E-state index in [9.17, 15) is 43.2 Å². The van der Waals surface area contributed by atoms with Crippen molar-refractivity contribution in [1.29, 1.82) is 0 Å². The quantitative estimate of drug-likeness (QED) is 0.0169. The van der Waals surface area contributed by atoms with E-state index in [0.29, 0.717) is 32.1 Å². The largest absolute Gasteiger partial charge is 0.472 e. The fraction of sp³-hybridized carbons (Fsp3) is 0.640. The summed E-state index contributed by atoms with van der Waals surface area (Å²) in [6.45, 7) is 4.41. The Morgan fingerprint density at radius 2 is 0.491 bits per heavy atom. The molecule has 0 radical (unpaired) electrons. The molecule has 108 heavy (non-hydrogen) atoms. The zero-order valence-electron chi connectivity index (χ0n) is 67.2. The van der Waals surface area contributed by atoms with Crippen molar-refractivity contribution >= 4 is 39.5 Å². The highest BCUT2D eigenvalue weighted by molar-refractivity contribution is 7.47. The lowest BCUT2D eigenvalue weighted by atomic mass is 10.1. The van der Waals surface area contributed by atoms with Gasteiger partial charge in [0.05, 0.1) is 26.4 Å². The van der Waals surface area contributed by atoms with Crippen LogP contribution in [0, 0.1) is 0 Å². The van der Waals surface area contributed by atoms with Crippen LogP contribution in [0.25, 0.3) is 0 Å². The van der Waals surface area contributed by atoms with Crippen LogP contribution < -0.4 is 0 Å². The molecule has 0 spiro atoms. The lowest BCUT2D eigenvalue weighted by Gasteiger charge is -2.21. The molecule has 614 valence electrons. The molecule has 0 rings (SSSR count). The molecule has 0 aromatic rings. The number of ether oxygens (including phenoxy) is 4. The van der Waals surface area contributed by atoms with Crippen LogP contribution in [0.4, 0.5) is 0 Å². The molecule has 3 N–H and O–H groups in total. The number of carbonyl (C=O) groups excluding carboxylic acids is 4. The molecule has 17 nitrogen and oxygen atoms in total. The van der Waals surface area contributed by atoms with Crippen molar-refractivity contribution in [3.8, 4) is 0 Å². The zero-order valence-corrected chi connectivity index (χ0v) is 69.0. The van der Waals surface area contributed by atoms with Gasteiger partial charge in [0.25, 0.3) is 0 Å². The van der Waals surface area contributed by atoms with Crippen molar-refractivity contribution in [2.24, 2.45) is 0 Å². The molecule has 0 bridgehead atoms. The summed E-state index contributed by atoms with van der Waals surface area (Å²) in [5, 5.41) is 10.7. The van der Waals surface area contributed by atoms with Gasteiger partial charge < -0.3 is 33.8 Å². The fourth-order valence-corrected chi connectivity index (χ4v) is 12.0. The van der Waals surface area contributed by atoms with Crippen LogP contribution in [-0.2, 0) is 65.4 Å². The average molecular weight is 1550 g/mol. The van der Waals surface area contributed by atoms with Crippen LogP contribution in [0.5, 0.6) is 0 Å². The monoisotopic (exact) mass is 1550 g/mol. The lowest BCUT2D eigenvalue weighted by Crippen LogP contribution is -2.30. The Kier molecular flexibility index (Phi) is 75.4. The number of phosphoric ester groups is 2. The number of hydrogen-bond donors (Lipinski definition) is 3. The van der Waals surface area contributed by atoms with E-state index in [1.54, 1.807) is 0 Å². The molecule has 5 atom stereocenters. The van der Waals surface area contributed by atoms with Gasteiger partial charge in [0.2, 0.25) is 0 Å². The Labute approximate surface area is 654 Å². The highest BCUT2D eigenvalue weighted by atomic mass is 31.2. The van der Waals surface area contributed by atoms with E-state index in [0.717, 1.165) is 205 Å². The predicted octanol–water partition coefficient (Wildman–Crippen LogP) is 24.6. The van der Waals surface area contributed by atoms with Crippen LogP contribution >= 0.6 is 15.6 Å². The molecular formula is C89H146O17P2. The highest BCUT2D eigenvalue weighted by Gasteiger charge is 2.30. The number of aliphatic hydroxyl groups excluding tert-OH is 1. The third-order valence-corrected chi connectivity index (χ3v) is 18.6. The minimum absolute atomic E-state index is 0.0572. The van der Waals surface area contributed by atoms with E-state index >= 15 is 0 Å². The molecule has 5 unspecified atom stereocenters. The van der Waals surface area contributed by atoms with Crippen LogP contribution in [0.15, 0.2) is 170 Å². The van der Waals surface area contributed by atoms with Crippen molar-refractivity contribution in [3.63, 3.8) is 0 Å². The molecule has 19 heteroatoms.